The Bertz CT molecular complexity index is 1200. The molecule has 1 aliphatic rings. The number of hydrogen-bond donors (Lipinski definition) is 1. The van der Waals surface area contributed by atoms with Crippen LogP contribution < -0.4 is 4.74 Å². The zero-order valence-electron chi connectivity index (χ0n) is 19.6. The van der Waals surface area contributed by atoms with Crippen molar-refractivity contribution in [2.75, 3.05) is 6.61 Å². The number of pyridine rings is 1. The first-order valence-electron chi connectivity index (χ1n) is 11.3. The van der Waals surface area contributed by atoms with E-state index in [1.807, 2.05) is 37.3 Å². The lowest BCUT2D eigenvalue weighted by Gasteiger charge is -2.25. The van der Waals surface area contributed by atoms with Crippen molar-refractivity contribution in [3.05, 3.63) is 101 Å². The quantitative estimate of drug-likeness (QED) is 0.306. The molecule has 0 bridgehead atoms. The van der Waals surface area contributed by atoms with Gasteiger partial charge in [0.05, 0.1) is 18.2 Å². The highest BCUT2D eigenvalue weighted by Gasteiger charge is 2.46. The fourth-order valence-electron chi connectivity index (χ4n) is 3.95. The number of aliphatic hydroxyl groups excluding tert-OH is 1. The number of carbonyl (C=O) groups is 2. The number of hydrogen-bond acceptors (Lipinski definition) is 5. The van der Waals surface area contributed by atoms with E-state index in [4.69, 9.17) is 4.74 Å². The maximum atomic E-state index is 13.2. The number of likely N-dealkylation sites (tertiary alicyclic amines) is 1. The number of carbonyl (C=O) groups excluding carboxylic acids is 2. The summed E-state index contributed by atoms with van der Waals surface area (Å²) in [7, 11) is 0. The Labute approximate surface area is 199 Å². The van der Waals surface area contributed by atoms with Crippen molar-refractivity contribution in [2.24, 2.45) is 5.92 Å². The van der Waals surface area contributed by atoms with Crippen LogP contribution in [0.4, 0.5) is 0 Å². The number of rotatable bonds is 7. The Balaban J connectivity index is 1.75. The minimum absolute atomic E-state index is 0.0774. The highest BCUT2D eigenvalue weighted by atomic mass is 16.5. The number of aromatic nitrogens is 1. The summed E-state index contributed by atoms with van der Waals surface area (Å²) in [6, 6.07) is 17.5. The average molecular weight is 457 g/mol. The smallest absolute Gasteiger partial charge is 0.295 e. The summed E-state index contributed by atoms with van der Waals surface area (Å²) >= 11 is 0. The Morgan fingerprint density at radius 1 is 1.06 bits per heavy atom. The molecule has 1 saturated heterocycles. The van der Waals surface area contributed by atoms with Crippen LogP contribution in [0.25, 0.3) is 5.76 Å². The monoisotopic (exact) mass is 456 g/mol. The van der Waals surface area contributed by atoms with Crippen LogP contribution in [-0.2, 0) is 16.1 Å². The molecular formula is C28H28N2O4. The van der Waals surface area contributed by atoms with Gasteiger partial charge in [0.25, 0.3) is 11.7 Å². The SMILES string of the molecule is Cc1ccc(C2C(=C(O)c3ccc(OCC(C)C)cc3)C(=O)C(=O)N2Cc2cccnc2)cc1. The highest BCUT2D eigenvalue weighted by Crippen LogP contribution is 2.40. The Kier molecular flexibility index (Phi) is 6.77. The summed E-state index contributed by atoms with van der Waals surface area (Å²) in [6.07, 6.45) is 3.32. The molecule has 34 heavy (non-hydrogen) atoms. The van der Waals surface area contributed by atoms with Gasteiger partial charge in [0.2, 0.25) is 0 Å². The summed E-state index contributed by atoms with van der Waals surface area (Å²) < 4.78 is 5.72. The molecule has 1 atom stereocenters. The maximum Gasteiger partial charge on any atom is 0.295 e. The van der Waals surface area contributed by atoms with Crippen LogP contribution in [0.5, 0.6) is 5.75 Å². The predicted octanol–water partition coefficient (Wildman–Crippen LogP) is 5.05. The second-order valence-electron chi connectivity index (χ2n) is 8.93. The Morgan fingerprint density at radius 2 is 1.76 bits per heavy atom. The molecule has 0 radical (unpaired) electrons. The van der Waals surface area contributed by atoms with Crippen LogP contribution in [0, 0.1) is 12.8 Å². The molecule has 174 valence electrons. The molecule has 6 nitrogen and oxygen atoms in total. The number of Topliss-reactive ketones (excluding diaryl/α,β-unsaturated/α-hetero) is 1. The van der Waals surface area contributed by atoms with Gasteiger partial charge in [-0.25, -0.2) is 0 Å². The van der Waals surface area contributed by atoms with E-state index in [1.165, 1.54) is 4.90 Å². The van der Waals surface area contributed by atoms with Crippen molar-refractivity contribution in [1.82, 2.24) is 9.88 Å². The van der Waals surface area contributed by atoms with Crippen LogP contribution in [0.15, 0.2) is 78.6 Å². The first-order valence-corrected chi connectivity index (χ1v) is 11.3. The van der Waals surface area contributed by atoms with Gasteiger partial charge in [-0.15, -0.1) is 0 Å². The third-order valence-corrected chi connectivity index (χ3v) is 5.72. The fourth-order valence-corrected chi connectivity index (χ4v) is 3.95. The van der Waals surface area contributed by atoms with Crippen molar-refractivity contribution < 1.29 is 19.4 Å². The van der Waals surface area contributed by atoms with E-state index in [0.717, 1.165) is 16.7 Å². The van der Waals surface area contributed by atoms with E-state index < -0.39 is 17.7 Å². The van der Waals surface area contributed by atoms with Crippen LogP contribution >= 0.6 is 0 Å². The maximum absolute atomic E-state index is 13.2. The topological polar surface area (TPSA) is 79.7 Å². The van der Waals surface area contributed by atoms with Gasteiger partial charge >= 0.3 is 0 Å². The van der Waals surface area contributed by atoms with E-state index in [-0.39, 0.29) is 17.9 Å². The Morgan fingerprint density at radius 3 is 2.38 bits per heavy atom. The normalized spacial score (nSPS) is 17.4. The lowest BCUT2D eigenvalue weighted by Crippen LogP contribution is -2.29. The van der Waals surface area contributed by atoms with Gasteiger partial charge < -0.3 is 14.7 Å². The Hall–Kier alpha value is -3.93. The predicted molar refractivity (Wildman–Crippen MR) is 130 cm³/mol. The van der Waals surface area contributed by atoms with Gasteiger partial charge in [-0.3, -0.25) is 14.6 Å². The molecule has 6 heteroatoms. The third kappa shape index (κ3) is 4.86. The number of amides is 1. The summed E-state index contributed by atoms with van der Waals surface area (Å²) in [5.41, 5.74) is 3.15. The first kappa shape index (κ1) is 23.2. The van der Waals surface area contributed by atoms with E-state index in [1.54, 1.807) is 42.7 Å². The third-order valence-electron chi connectivity index (χ3n) is 5.72. The van der Waals surface area contributed by atoms with Gasteiger partial charge in [-0.1, -0.05) is 49.7 Å². The molecule has 1 aliphatic heterocycles. The second kappa shape index (κ2) is 9.91. The number of nitrogens with zero attached hydrogens (tertiary/aromatic N) is 2. The van der Waals surface area contributed by atoms with E-state index >= 15 is 0 Å². The molecule has 0 saturated carbocycles. The average Bonchev–Trinajstić information content (AvgIpc) is 3.08. The van der Waals surface area contributed by atoms with Gasteiger partial charge in [0.1, 0.15) is 11.5 Å². The first-order chi connectivity index (χ1) is 16.3. The van der Waals surface area contributed by atoms with Crippen molar-refractivity contribution >= 4 is 17.4 Å². The van der Waals surface area contributed by atoms with Crippen LogP contribution in [-0.4, -0.2) is 33.3 Å². The molecule has 0 aliphatic carbocycles. The standard InChI is InChI=1S/C28H28N2O4/c1-18(2)17-34-23-12-10-22(11-13-23)26(31)24-25(21-8-6-19(3)7-9-21)30(28(33)27(24)32)16-20-5-4-14-29-15-20/h4-15,18,25,31H,16-17H2,1-3H3. The number of ketones is 1. The molecular weight excluding hydrogens is 428 g/mol. The van der Waals surface area contributed by atoms with Crippen molar-refractivity contribution in [2.45, 2.75) is 33.4 Å². The molecule has 1 amide bonds. The summed E-state index contributed by atoms with van der Waals surface area (Å²) in [6.45, 7) is 6.89. The van der Waals surface area contributed by atoms with Crippen LogP contribution in [0.1, 0.15) is 42.1 Å². The van der Waals surface area contributed by atoms with Crippen molar-refractivity contribution in [1.29, 1.82) is 0 Å². The van der Waals surface area contributed by atoms with Gasteiger partial charge in [0, 0.05) is 24.5 Å². The zero-order chi connectivity index (χ0) is 24.2. The largest absolute Gasteiger partial charge is 0.507 e. The van der Waals surface area contributed by atoms with Crippen molar-refractivity contribution in [3.8, 4) is 5.75 Å². The molecule has 2 aromatic carbocycles. The summed E-state index contributed by atoms with van der Waals surface area (Å²) in [4.78, 5) is 31.9. The minimum atomic E-state index is -0.710. The minimum Gasteiger partial charge on any atom is -0.507 e. The van der Waals surface area contributed by atoms with Crippen molar-refractivity contribution in [3.63, 3.8) is 0 Å². The lowest BCUT2D eigenvalue weighted by atomic mass is 9.94. The lowest BCUT2D eigenvalue weighted by molar-refractivity contribution is -0.140. The molecule has 1 fully saturated rings. The molecule has 1 aromatic heterocycles. The van der Waals surface area contributed by atoms with Gasteiger partial charge in [-0.05, 0) is 54.3 Å². The molecule has 3 aromatic rings. The molecule has 0 spiro atoms. The fraction of sp³-hybridized carbons (Fsp3) is 0.250. The molecule has 1 N–H and O–H groups in total. The molecule has 2 heterocycles. The number of aryl methyl sites for hydroxylation is 1. The van der Waals surface area contributed by atoms with Gasteiger partial charge in [-0.2, -0.15) is 0 Å². The highest BCUT2D eigenvalue weighted by molar-refractivity contribution is 6.46. The molecule has 4 rings (SSSR count). The number of benzene rings is 2. The van der Waals surface area contributed by atoms with E-state index in [9.17, 15) is 14.7 Å². The van der Waals surface area contributed by atoms with E-state index in [0.29, 0.717) is 23.8 Å². The number of aliphatic hydroxyl groups is 1. The van der Waals surface area contributed by atoms with Crippen LogP contribution in [0.2, 0.25) is 0 Å². The second-order valence-corrected chi connectivity index (χ2v) is 8.93. The zero-order valence-corrected chi connectivity index (χ0v) is 19.6. The summed E-state index contributed by atoms with van der Waals surface area (Å²) in [5, 5.41) is 11.2. The van der Waals surface area contributed by atoms with Crippen LogP contribution in [0.3, 0.4) is 0 Å². The number of ether oxygens (including phenoxy) is 1. The molecule has 1 unspecified atom stereocenters. The van der Waals surface area contributed by atoms with E-state index in [2.05, 4.69) is 18.8 Å². The summed E-state index contributed by atoms with van der Waals surface area (Å²) in [5.74, 6) is -0.483. The van der Waals surface area contributed by atoms with Gasteiger partial charge in [0.15, 0.2) is 0 Å².